The summed E-state index contributed by atoms with van der Waals surface area (Å²) in [7, 11) is -3.65. The number of nitrogen functional groups attached to an aromatic ring is 1. The van der Waals surface area contributed by atoms with Crippen molar-refractivity contribution in [1.29, 1.82) is 0 Å². The Bertz CT molecular complexity index is 481. The monoisotopic (exact) mass is 296 g/mol. The van der Waals surface area contributed by atoms with E-state index in [4.69, 9.17) is 5.73 Å². The highest BCUT2D eigenvalue weighted by atomic mass is 32.2. The molecule has 1 aromatic carbocycles. The fourth-order valence-electron chi connectivity index (χ4n) is 1.14. The van der Waals surface area contributed by atoms with E-state index >= 15 is 0 Å². The van der Waals surface area contributed by atoms with Crippen molar-refractivity contribution in [3.8, 4) is 0 Å². The van der Waals surface area contributed by atoms with E-state index in [1.807, 2.05) is 4.72 Å². The lowest BCUT2D eigenvalue weighted by Crippen LogP contribution is -2.31. The first-order valence-electron chi connectivity index (χ1n) is 5.13. The number of rotatable bonds is 7. The Balaban J connectivity index is 2.40. The normalized spacial score (nSPS) is 11.9. The second kappa shape index (κ2) is 6.91. The molecular weight excluding hydrogens is 282 g/mol. The third kappa shape index (κ3) is 5.65. The van der Waals surface area contributed by atoms with Crippen molar-refractivity contribution in [3.63, 3.8) is 0 Å². The Morgan fingerprint density at radius 2 is 2.00 bits per heavy atom. The molecule has 0 saturated heterocycles. The van der Waals surface area contributed by atoms with Crippen LogP contribution in [0, 0.1) is 0 Å². The maximum Gasteiger partial charge on any atom is 0.251 e. The van der Waals surface area contributed by atoms with E-state index in [2.05, 4.69) is 0 Å². The zero-order chi connectivity index (χ0) is 13.6. The number of benzene rings is 1. The maximum atomic E-state index is 11.9. The van der Waals surface area contributed by atoms with Gasteiger partial charge in [-0.2, -0.15) is 0 Å². The predicted octanol–water partition coefficient (Wildman–Crippen LogP) is 1.55. The molecule has 1 aromatic rings. The first-order chi connectivity index (χ1) is 8.41. The molecule has 0 saturated carbocycles. The fourth-order valence-corrected chi connectivity index (χ4v) is 3.50. The summed E-state index contributed by atoms with van der Waals surface area (Å²) < 4.78 is 48.2. The standard InChI is InChI=1S/C10H14F2N2O2S2/c11-10(12)7-14-18(15,16)6-5-17-9-4-2-1-3-8(9)13/h1-4,10,14H,5-7,13H2. The molecule has 0 bridgehead atoms. The maximum absolute atomic E-state index is 11.9. The van der Waals surface area contributed by atoms with Gasteiger partial charge in [0.2, 0.25) is 10.0 Å². The zero-order valence-electron chi connectivity index (χ0n) is 9.47. The van der Waals surface area contributed by atoms with Crippen LogP contribution in [0.5, 0.6) is 0 Å². The zero-order valence-corrected chi connectivity index (χ0v) is 11.1. The van der Waals surface area contributed by atoms with Gasteiger partial charge < -0.3 is 5.73 Å². The molecule has 0 aliphatic rings. The summed E-state index contributed by atoms with van der Waals surface area (Å²) in [6, 6.07) is 7.06. The summed E-state index contributed by atoms with van der Waals surface area (Å²) >= 11 is 1.28. The molecule has 1 rings (SSSR count). The van der Waals surface area contributed by atoms with Crippen molar-refractivity contribution in [2.75, 3.05) is 23.8 Å². The largest absolute Gasteiger partial charge is 0.398 e. The van der Waals surface area contributed by atoms with Crippen LogP contribution in [-0.2, 0) is 10.0 Å². The molecule has 0 fully saturated rings. The smallest absolute Gasteiger partial charge is 0.251 e. The van der Waals surface area contributed by atoms with E-state index in [1.54, 1.807) is 24.3 Å². The molecular formula is C10H14F2N2O2S2. The minimum Gasteiger partial charge on any atom is -0.398 e. The number of hydrogen-bond donors (Lipinski definition) is 2. The SMILES string of the molecule is Nc1ccccc1SCCS(=O)(=O)NCC(F)F. The quantitative estimate of drug-likeness (QED) is 0.591. The number of alkyl halides is 2. The molecule has 0 aliphatic heterocycles. The van der Waals surface area contributed by atoms with Crippen molar-refractivity contribution < 1.29 is 17.2 Å². The summed E-state index contributed by atoms with van der Waals surface area (Å²) in [5, 5.41) is 0. The second-order valence-corrected chi connectivity index (χ2v) is 6.51. The number of thioether (sulfide) groups is 1. The number of hydrogen-bond acceptors (Lipinski definition) is 4. The Morgan fingerprint density at radius 1 is 1.33 bits per heavy atom. The molecule has 102 valence electrons. The molecule has 0 unspecified atom stereocenters. The van der Waals surface area contributed by atoms with Gasteiger partial charge in [0.1, 0.15) is 0 Å². The second-order valence-electron chi connectivity index (χ2n) is 3.44. The molecule has 4 nitrogen and oxygen atoms in total. The molecule has 0 aliphatic carbocycles. The number of nitrogens with one attached hydrogen (secondary N) is 1. The van der Waals surface area contributed by atoms with Gasteiger partial charge in [-0.25, -0.2) is 21.9 Å². The highest BCUT2D eigenvalue weighted by Gasteiger charge is 2.13. The van der Waals surface area contributed by atoms with Crippen molar-refractivity contribution in [3.05, 3.63) is 24.3 Å². The summed E-state index contributed by atoms with van der Waals surface area (Å²) in [5.74, 6) is 0.0332. The van der Waals surface area contributed by atoms with Crippen LogP contribution in [0.25, 0.3) is 0 Å². The van der Waals surface area contributed by atoms with E-state index in [0.29, 0.717) is 5.69 Å². The lowest BCUT2D eigenvalue weighted by atomic mass is 10.3. The van der Waals surface area contributed by atoms with Gasteiger partial charge in [0.25, 0.3) is 6.43 Å². The topological polar surface area (TPSA) is 72.2 Å². The number of anilines is 1. The van der Waals surface area contributed by atoms with Crippen LogP contribution in [0.3, 0.4) is 0 Å². The van der Waals surface area contributed by atoms with Gasteiger partial charge in [-0.05, 0) is 12.1 Å². The Morgan fingerprint density at radius 3 is 2.61 bits per heavy atom. The van der Waals surface area contributed by atoms with Gasteiger partial charge in [0, 0.05) is 16.3 Å². The van der Waals surface area contributed by atoms with Gasteiger partial charge in [-0.15, -0.1) is 11.8 Å². The number of para-hydroxylation sites is 1. The van der Waals surface area contributed by atoms with Crippen LogP contribution in [0.4, 0.5) is 14.5 Å². The molecule has 0 spiro atoms. The molecule has 0 aromatic heterocycles. The Labute approximate surface area is 109 Å². The van der Waals surface area contributed by atoms with Crippen LogP contribution in [0.2, 0.25) is 0 Å². The van der Waals surface area contributed by atoms with Crippen LogP contribution >= 0.6 is 11.8 Å². The molecule has 0 heterocycles. The molecule has 18 heavy (non-hydrogen) atoms. The molecule has 0 radical (unpaired) electrons. The van der Waals surface area contributed by atoms with E-state index in [-0.39, 0.29) is 11.5 Å². The van der Waals surface area contributed by atoms with Crippen molar-refractivity contribution >= 4 is 27.5 Å². The van der Waals surface area contributed by atoms with Gasteiger partial charge >= 0.3 is 0 Å². The summed E-state index contributed by atoms with van der Waals surface area (Å²) in [6.45, 7) is -0.847. The average Bonchev–Trinajstić information content (AvgIpc) is 2.29. The van der Waals surface area contributed by atoms with Crippen LogP contribution in [0.15, 0.2) is 29.2 Å². The van der Waals surface area contributed by atoms with E-state index in [0.717, 1.165) is 4.90 Å². The van der Waals surface area contributed by atoms with Crippen molar-refractivity contribution in [1.82, 2.24) is 4.72 Å². The van der Waals surface area contributed by atoms with Gasteiger partial charge in [0.05, 0.1) is 12.3 Å². The number of halogens is 2. The summed E-state index contributed by atoms with van der Waals surface area (Å²) in [6.07, 6.45) is -2.68. The van der Waals surface area contributed by atoms with Gasteiger partial charge in [0.15, 0.2) is 0 Å². The highest BCUT2D eigenvalue weighted by molar-refractivity contribution is 8.00. The van der Waals surface area contributed by atoms with Crippen LogP contribution in [0.1, 0.15) is 0 Å². The Hall–Kier alpha value is -0.860. The van der Waals surface area contributed by atoms with E-state index in [9.17, 15) is 17.2 Å². The Kier molecular flexibility index (Phi) is 5.83. The van der Waals surface area contributed by atoms with Crippen LogP contribution < -0.4 is 10.5 Å². The molecule has 8 heteroatoms. The highest BCUT2D eigenvalue weighted by Crippen LogP contribution is 2.24. The minimum atomic E-state index is -3.65. The third-order valence-electron chi connectivity index (χ3n) is 1.99. The third-order valence-corrected chi connectivity index (χ3v) is 4.68. The van der Waals surface area contributed by atoms with E-state index < -0.39 is 23.0 Å². The molecule has 3 N–H and O–H groups in total. The molecule has 0 atom stereocenters. The first kappa shape index (κ1) is 15.2. The molecule has 0 amide bonds. The van der Waals surface area contributed by atoms with E-state index in [1.165, 1.54) is 11.8 Å². The lowest BCUT2D eigenvalue weighted by molar-refractivity contribution is 0.153. The van der Waals surface area contributed by atoms with Gasteiger partial charge in [-0.3, -0.25) is 0 Å². The summed E-state index contributed by atoms with van der Waals surface area (Å²) in [5.41, 5.74) is 6.25. The number of sulfonamides is 1. The van der Waals surface area contributed by atoms with Gasteiger partial charge in [-0.1, -0.05) is 12.1 Å². The first-order valence-corrected chi connectivity index (χ1v) is 7.77. The fraction of sp³-hybridized carbons (Fsp3) is 0.400. The minimum absolute atomic E-state index is 0.223. The number of nitrogens with two attached hydrogens (primary N) is 1. The predicted molar refractivity (Wildman–Crippen MR) is 69.4 cm³/mol. The van der Waals surface area contributed by atoms with Crippen molar-refractivity contribution in [2.24, 2.45) is 0 Å². The summed E-state index contributed by atoms with van der Waals surface area (Å²) in [4.78, 5) is 0.779. The van der Waals surface area contributed by atoms with Crippen molar-refractivity contribution in [2.45, 2.75) is 11.3 Å². The lowest BCUT2D eigenvalue weighted by Gasteiger charge is -2.07. The van der Waals surface area contributed by atoms with Crippen LogP contribution in [-0.4, -0.2) is 32.9 Å². The average molecular weight is 296 g/mol.